The normalized spacial score (nSPS) is 34.7. The maximum Gasteiger partial charge on any atom is 0.112 e. The zero-order valence-electron chi connectivity index (χ0n) is 9.15. The summed E-state index contributed by atoms with van der Waals surface area (Å²) < 4.78 is 5.42. The molecule has 3 heteroatoms. The molecule has 2 rings (SSSR count). The molecule has 0 radical (unpaired) electrons. The van der Waals surface area contributed by atoms with E-state index in [2.05, 4.69) is 0 Å². The molecule has 1 saturated heterocycles. The SMILES string of the molecule is C[C@H]1O[C@@H](/C=C/c2ccccc2)[C@H](O)[C@@H]1O. The van der Waals surface area contributed by atoms with Gasteiger partial charge in [0.2, 0.25) is 0 Å². The van der Waals surface area contributed by atoms with Crippen LogP contribution in [-0.4, -0.2) is 34.6 Å². The molecule has 0 amide bonds. The second-order valence-electron chi connectivity index (χ2n) is 4.06. The molecule has 1 aliphatic rings. The molecule has 1 aliphatic heterocycles. The van der Waals surface area contributed by atoms with E-state index in [0.717, 1.165) is 5.56 Å². The van der Waals surface area contributed by atoms with Gasteiger partial charge in [0.1, 0.15) is 18.3 Å². The van der Waals surface area contributed by atoms with Crippen LogP contribution in [0.4, 0.5) is 0 Å². The molecule has 86 valence electrons. The van der Waals surface area contributed by atoms with Crippen molar-refractivity contribution < 1.29 is 14.9 Å². The molecule has 1 aromatic carbocycles. The van der Waals surface area contributed by atoms with Crippen LogP contribution in [0.3, 0.4) is 0 Å². The predicted octanol–water partition coefficient (Wildman–Crippen LogP) is 1.21. The molecule has 0 saturated carbocycles. The minimum absolute atomic E-state index is 0.319. The third-order valence-electron chi connectivity index (χ3n) is 2.82. The lowest BCUT2D eigenvalue weighted by atomic mass is 10.1. The van der Waals surface area contributed by atoms with Crippen LogP contribution >= 0.6 is 0 Å². The van der Waals surface area contributed by atoms with Gasteiger partial charge in [0, 0.05) is 0 Å². The molecule has 3 nitrogen and oxygen atoms in total. The highest BCUT2D eigenvalue weighted by Gasteiger charge is 2.38. The van der Waals surface area contributed by atoms with Crippen LogP contribution in [-0.2, 0) is 4.74 Å². The van der Waals surface area contributed by atoms with Crippen molar-refractivity contribution in [1.29, 1.82) is 0 Å². The van der Waals surface area contributed by atoms with Crippen LogP contribution in [0.2, 0.25) is 0 Å². The van der Waals surface area contributed by atoms with E-state index in [1.165, 1.54) is 0 Å². The lowest BCUT2D eigenvalue weighted by Crippen LogP contribution is -2.30. The summed E-state index contributed by atoms with van der Waals surface area (Å²) in [4.78, 5) is 0. The molecule has 16 heavy (non-hydrogen) atoms. The van der Waals surface area contributed by atoms with Crippen LogP contribution in [0.15, 0.2) is 36.4 Å². The zero-order valence-corrected chi connectivity index (χ0v) is 9.15. The number of hydrogen-bond acceptors (Lipinski definition) is 3. The van der Waals surface area contributed by atoms with Crippen molar-refractivity contribution in [1.82, 2.24) is 0 Å². The van der Waals surface area contributed by atoms with Gasteiger partial charge in [-0.1, -0.05) is 42.5 Å². The third-order valence-corrected chi connectivity index (χ3v) is 2.82. The number of hydrogen-bond donors (Lipinski definition) is 2. The molecule has 0 unspecified atom stereocenters. The summed E-state index contributed by atoms with van der Waals surface area (Å²) in [5.41, 5.74) is 1.05. The number of aliphatic hydroxyl groups excluding tert-OH is 2. The van der Waals surface area contributed by atoms with Gasteiger partial charge in [-0.15, -0.1) is 0 Å². The third kappa shape index (κ3) is 2.32. The Morgan fingerprint density at radius 3 is 2.38 bits per heavy atom. The first-order valence-corrected chi connectivity index (χ1v) is 5.43. The van der Waals surface area contributed by atoms with E-state index in [-0.39, 0.29) is 6.10 Å². The minimum atomic E-state index is -0.838. The standard InChI is InChI=1S/C13H16O3/c1-9-12(14)13(15)11(16-9)8-7-10-5-3-2-4-6-10/h2-9,11-15H,1H3/b8-7+/t9-,11+,12-,13+/m1/s1. The number of ether oxygens (including phenoxy) is 1. The fourth-order valence-electron chi connectivity index (χ4n) is 1.81. The Kier molecular flexibility index (Phi) is 3.39. The summed E-state index contributed by atoms with van der Waals surface area (Å²) in [6.07, 6.45) is 1.29. The smallest absolute Gasteiger partial charge is 0.112 e. The second-order valence-corrected chi connectivity index (χ2v) is 4.06. The van der Waals surface area contributed by atoms with E-state index in [1.54, 1.807) is 13.0 Å². The summed E-state index contributed by atoms with van der Waals surface area (Å²) in [5.74, 6) is 0. The number of benzene rings is 1. The van der Waals surface area contributed by atoms with Gasteiger partial charge < -0.3 is 14.9 Å². The van der Waals surface area contributed by atoms with E-state index in [9.17, 15) is 10.2 Å². The Balaban J connectivity index is 2.03. The molecule has 0 spiro atoms. The molecular formula is C13H16O3. The van der Waals surface area contributed by atoms with Crippen LogP contribution < -0.4 is 0 Å². The van der Waals surface area contributed by atoms with Crippen molar-refractivity contribution in [3.05, 3.63) is 42.0 Å². The summed E-state index contributed by atoms with van der Waals surface area (Å²) >= 11 is 0. The van der Waals surface area contributed by atoms with Crippen LogP contribution in [0, 0.1) is 0 Å². The predicted molar refractivity (Wildman–Crippen MR) is 61.8 cm³/mol. The van der Waals surface area contributed by atoms with Gasteiger partial charge in [-0.05, 0) is 12.5 Å². The first kappa shape index (κ1) is 11.3. The van der Waals surface area contributed by atoms with E-state index >= 15 is 0 Å². The molecule has 0 aromatic heterocycles. The molecule has 2 N–H and O–H groups in total. The summed E-state index contributed by atoms with van der Waals surface area (Å²) in [6, 6.07) is 9.78. The highest BCUT2D eigenvalue weighted by atomic mass is 16.5. The lowest BCUT2D eigenvalue weighted by molar-refractivity contribution is 0.0316. The maximum atomic E-state index is 9.68. The minimum Gasteiger partial charge on any atom is -0.388 e. The Hall–Kier alpha value is -1.16. The van der Waals surface area contributed by atoms with Crippen LogP contribution in [0.5, 0.6) is 0 Å². The van der Waals surface area contributed by atoms with Crippen molar-refractivity contribution >= 4 is 6.08 Å². The fraction of sp³-hybridized carbons (Fsp3) is 0.385. The van der Waals surface area contributed by atoms with Crippen molar-refractivity contribution in [2.75, 3.05) is 0 Å². The molecule has 0 bridgehead atoms. The summed E-state index contributed by atoms with van der Waals surface area (Å²) in [7, 11) is 0. The van der Waals surface area contributed by atoms with Crippen molar-refractivity contribution in [2.45, 2.75) is 31.3 Å². The molecule has 1 aromatic rings. The van der Waals surface area contributed by atoms with Gasteiger partial charge >= 0.3 is 0 Å². The fourth-order valence-corrected chi connectivity index (χ4v) is 1.81. The van der Waals surface area contributed by atoms with Crippen molar-refractivity contribution in [3.8, 4) is 0 Å². The van der Waals surface area contributed by atoms with Gasteiger partial charge in [0.15, 0.2) is 0 Å². The second kappa shape index (κ2) is 4.78. The molecule has 4 atom stereocenters. The van der Waals surface area contributed by atoms with Crippen LogP contribution in [0.25, 0.3) is 6.08 Å². The molecular weight excluding hydrogens is 204 g/mol. The highest BCUT2D eigenvalue weighted by Crippen LogP contribution is 2.22. The average Bonchev–Trinajstić information content (AvgIpc) is 2.56. The first-order valence-electron chi connectivity index (χ1n) is 5.43. The van der Waals surface area contributed by atoms with Crippen molar-refractivity contribution in [3.63, 3.8) is 0 Å². The van der Waals surface area contributed by atoms with E-state index in [1.807, 2.05) is 36.4 Å². The Morgan fingerprint density at radius 2 is 1.81 bits per heavy atom. The summed E-state index contributed by atoms with van der Waals surface area (Å²) in [6.45, 7) is 1.75. The first-order chi connectivity index (χ1) is 7.68. The maximum absolute atomic E-state index is 9.68. The van der Waals surface area contributed by atoms with Gasteiger partial charge in [-0.3, -0.25) is 0 Å². The monoisotopic (exact) mass is 220 g/mol. The number of rotatable bonds is 2. The van der Waals surface area contributed by atoms with E-state index < -0.39 is 18.3 Å². The number of aliphatic hydroxyl groups is 2. The molecule has 0 aliphatic carbocycles. The van der Waals surface area contributed by atoms with Crippen molar-refractivity contribution in [2.24, 2.45) is 0 Å². The quantitative estimate of drug-likeness (QED) is 0.787. The Labute approximate surface area is 95.0 Å². The van der Waals surface area contributed by atoms with Gasteiger partial charge in [-0.25, -0.2) is 0 Å². The topological polar surface area (TPSA) is 49.7 Å². The van der Waals surface area contributed by atoms with Gasteiger partial charge in [0.05, 0.1) is 6.10 Å². The highest BCUT2D eigenvalue weighted by molar-refractivity contribution is 5.49. The Morgan fingerprint density at radius 1 is 1.12 bits per heavy atom. The zero-order chi connectivity index (χ0) is 11.5. The Bertz CT molecular complexity index is 361. The van der Waals surface area contributed by atoms with E-state index in [4.69, 9.17) is 4.74 Å². The summed E-state index contributed by atoms with van der Waals surface area (Å²) in [5, 5.41) is 19.2. The molecule has 1 heterocycles. The van der Waals surface area contributed by atoms with Gasteiger partial charge in [0.25, 0.3) is 0 Å². The lowest BCUT2D eigenvalue weighted by Gasteiger charge is -2.09. The van der Waals surface area contributed by atoms with E-state index in [0.29, 0.717) is 0 Å². The average molecular weight is 220 g/mol. The molecule has 1 fully saturated rings. The van der Waals surface area contributed by atoms with Crippen LogP contribution in [0.1, 0.15) is 12.5 Å². The van der Waals surface area contributed by atoms with Gasteiger partial charge in [-0.2, -0.15) is 0 Å². The largest absolute Gasteiger partial charge is 0.388 e.